The summed E-state index contributed by atoms with van der Waals surface area (Å²) in [6, 6.07) is 5.02. The van der Waals surface area contributed by atoms with Gasteiger partial charge in [0.2, 0.25) is 5.91 Å². The van der Waals surface area contributed by atoms with Crippen molar-refractivity contribution in [2.45, 2.75) is 6.10 Å². The fourth-order valence-corrected chi connectivity index (χ4v) is 1.93. The lowest BCUT2D eigenvalue weighted by atomic mass is 10.2. The molecule has 0 fully saturated rings. The number of anilines is 2. The summed E-state index contributed by atoms with van der Waals surface area (Å²) in [7, 11) is 4.78. The molecule has 0 bridgehead atoms. The maximum Gasteiger partial charge on any atom is 0.238 e. The lowest BCUT2D eigenvalue weighted by Gasteiger charge is -2.20. The van der Waals surface area contributed by atoms with Gasteiger partial charge in [-0.1, -0.05) is 0 Å². The van der Waals surface area contributed by atoms with Crippen LogP contribution in [0.5, 0.6) is 5.75 Å². The molecule has 1 aromatic rings. The molecule has 0 spiro atoms. The number of nitrogens with one attached hydrogen (secondary N) is 1. The molecule has 0 aliphatic heterocycles. The van der Waals surface area contributed by atoms with E-state index in [9.17, 15) is 9.90 Å². The number of nitrogens with zero attached hydrogens (tertiary/aromatic N) is 1. The molecule has 0 radical (unpaired) electrons. The molecule has 0 heterocycles. The van der Waals surface area contributed by atoms with Crippen LogP contribution in [-0.2, 0) is 9.53 Å². The highest BCUT2D eigenvalue weighted by Gasteiger charge is 2.13. The Bertz CT molecular complexity index is 468. The zero-order chi connectivity index (χ0) is 15.8. The third-order valence-corrected chi connectivity index (χ3v) is 2.79. The molecule has 1 atom stereocenters. The first kappa shape index (κ1) is 17.2. The zero-order valence-electron chi connectivity index (χ0n) is 12.6. The number of nitrogen functional groups attached to an aromatic ring is 1. The first-order chi connectivity index (χ1) is 9.96. The van der Waals surface area contributed by atoms with Gasteiger partial charge in [-0.3, -0.25) is 9.69 Å². The number of hydrogen-bond donors (Lipinski definition) is 3. The van der Waals surface area contributed by atoms with E-state index in [4.69, 9.17) is 15.2 Å². The minimum atomic E-state index is -0.630. The van der Waals surface area contributed by atoms with E-state index in [2.05, 4.69) is 5.32 Å². The summed E-state index contributed by atoms with van der Waals surface area (Å²) in [5, 5.41) is 12.3. The average molecular weight is 297 g/mol. The number of benzene rings is 1. The molecule has 0 aliphatic carbocycles. The second-order valence-electron chi connectivity index (χ2n) is 4.81. The van der Waals surface area contributed by atoms with E-state index in [-0.39, 0.29) is 19.1 Å². The van der Waals surface area contributed by atoms with Crippen molar-refractivity contribution in [1.82, 2.24) is 4.90 Å². The van der Waals surface area contributed by atoms with Gasteiger partial charge in [0.1, 0.15) is 5.75 Å². The standard InChI is InChI=1S/C14H23N3O4/c1-17(7-11(18)9-20-2)8-14(19)16-12-6-10(15)4-5-13(12)21-3/h4-6,11,18H,7-9,15H2,1-3H3,(H,16,19). The fourth-order valence-electron chi connectivity index (χ4n) is 1.93. The molecule has 7 heteroatoms. The molecule has 1 amide bonds. The van der Waals surface area contributed by atoms with Crippen LogP contribution in [0.2, 0.25) is 0 Å². The molecular weight excluding hydrogens is 274 g/mol. The number of amides is 1. The summed E-state index contributed by atoms with van der Waals surface area (Å²) < 4.78 is 10.0. The second-order valence-corrected chi connectivity index (χ2v) is 4.81. The van der Waals surface area contributed by atoms with E-state index >= 15 is 0 Å². The van der Waals surface area contributed by atoms with Crippen molar-refractivity contribution >= 4 is 17.3 Å². The van der Waals surface area contributed by atoms with Crippen LogP contribution < -0.4 is 15.8 Å². The third-order valence-electron chi connectivity index (χ3n) is 2.79. The molecule has 7 nitrogen and oxygen atoms in total. The van der Waals surface area contributed by atoms with E-state index in [0.29, 0.717) is 23.7 Å². The van der Waals surface area contributed by atoms with Gasteiger partial charge >= 0.3 is 0 Å². The fraction of sp³-hybridized carbons (Fsp3) is 0.500. The quantitative estimate of drug-likeness (QED) is 0.591. The predicted octanol–water partition coefficient (Wildman–Crippen LogP) is 0.155. The number of carbonyl (C=O) groups excluding carboxylic acids is 1. The molecule has 1 aromatic carbocycles. The minimum Gasteiger partial charge on any atom is -0.495 e. The van der Waals surface area contributed by atoms with Crippen LogP contribution in [0.1, 0.15) is 0 Å². The number of likely N-dealkylation sites (N-methyl/N-ethyl adjacent to an activating group) is 1. The molecular formula is C14H23N3O4. The summed E-state index contributed by atoms with van der Waals surface area (Å²) >= 11 is 0. The van der Waals surface area contributed by atoms with Crippen LogP contribution in [0, 0.1) is 0 Å². The summed E-state index contributed by atoms with van der Waals surface area (Å²) in [6.45, 7) is 0.711. The van der Waals surface area contributed by atoms with Gasteiger partial charge in [0.15, 0.2) is 0 Å². The molecule has 0 aliphatic rings. The van der Waals surface area contributed by atoms with Gasteiger partial charge in [0.25, 0.3) is 0 Å². The van der Waals surface area contributed by atoms with Crippen molar-refractivity contribution in [2.75, 3.05) is 52.0 Å². The summed E-state index contributed by atoms with van der Waals surface area (Å²) in [5.41, 5.74) is 6.75. The average Bonchev–Trinajstić information content (AvgIpc) is 2.38. The van der Waals surface area contributed by atoms with Crippen molar-refractivity contribution in [3.05, 3.63) is 18.2 Å². The molecule has 1 rings (SSSR count). The van der Waals surface area contributed by atoms with Crippen LogP contribution in [0.15, 0.2) is 18.2 Å². The number of aliphatic hydroxyl groups is 1. The Morgan fingerprint density at radius 2 is 2.19 bits per heavy atom. The maximum absolute atomic E-state index is 12.0. The highest BCUT2D eigenvalue weighted by atomic mass is 16.5. The SMILES string of the molecule is COCC(O)CN(C)CC(=O)Nc1cc(N)ccc1OC. The number of ether oxygens (including phenoxy) is 2. The molecule has 118 valence electrons. The van der Waals surface area contributed by atoms with E-state index in [1.54, 1.807) is 30.1 Å². The normalized spacial score (nSPS) is 12.2. The van der Waals surface area contributed by atoms with Gasteiger partial charge in [-0.2, -0.15) is 0 Å². The second kappa shape index (κ2) is 8.46. The molecule has 0 aromatic heterocycles. The molecule has 1 unspecified atom stereocenters. The van der Waals surface area contributed by atoms with E-state index in [1.165, 1.54) is 14.2 Å². The van der Waals surface area contributed by atoms with E-state index in [0.717, 1.165) is 0 Å². The Balaban J connectivity index is 2.55. The van der Waals surface area contributed by atoms with Crippen molar-refractivity contribution in [1.29, 1.82) is 0 Å². The maximum atomic E-state index is 12.0. The first-order valence-electron chi connectivity index (χ1n) is 6.55. The topological polar surface area (TPSA) is 97.1 Å². The highest BCUT2D eigenvalue weighted by molar-refractivity contribution is 5.94. The summed E-state index contributed by atoms with van der Waals surface area (Å²) in [5.74, 6) is 0.325. The lowest BCUT2D eigenvalue weighted by molar-refractivity contribution is -0.117. The smallest absolute Gasteiger partial charge is 0.238 e. The van der Waals surface area contributed by atoms with Crippen LogP contribution in [-0.4, -0.2) is 63.0 Å². The number of aliphatic hydroxyl groups excluding tert-OH is 1. The molecule has 0 saturated carbocycles. The Hall–Kier alpha value is -1.83. The third kappa shape index (κ3) is 5.99. The number of methoxy groups -OCH3 is 2. The van der Waals surface area contributed by atoms with Gasteiger partial charge in [0, 0.05) is 19.3 Å². The monoisotopic (exact) mass is 297 g/mol. The first-order valence-corrected chi connectivity index (χ1v) is 6.55. The van der Waals surface area contributed by atoms with Crippen LogP contribution in [0.3, 0.4) is 0 Å². The summed E-state index contributed by atoms with van der Waals surface area (Å²) in [6.07, 6.45) is -0.630. The van der Waals surface area contributed by atoms with Crippen molar-refractivity contribution < 1.29 is 19.4 Å². The Morgan fingerprint density at radius 3 is 2.81 bits per heavy atom. The van der Waals surface area contributed by atoms with Crippen molar-refractivity contribution in [2.24, 2.45) is 0 Å². The van der Waals surface area contributed by atoms with Crippen molar-refractivity contribution in [3.8, 4) is 5.75 Å². The van der Waals surface area contributed by atoms with Crippen LogP contribution in [0.25, 0.3) is 0 Å². The zero-order valence-corrected chi connectivity index (χ0v) is 12.6. The Morgan fingerprint density at radius 1 is 1.48 bits per heavy atom. The lowest BCUT2D eigenvalue weighted by Crippen LogP contribution is -2.37. The molecule has 4 N–H and O–H groups in total. The van der Waals surface area contributed by atoms with Crippen molar-refractivity contribution in [3.63, 3.8) is 0 Å². The van der Waals surface area contributed by atoms with Crippen LogP contribution in [0.4, 0.5) is 11.4 Å². The molecule has 0 saturated heterocycles. The van der Waals surface area contributed by atoms with Gasteiger partial charge in [-0.15, -0.1) is 0 Å². The number of nitrogens with two attached hydrogens (primary N) is 1. The van der Waals surface area contributed by atoms with Crippen LogP contribution >= 0.6 is 0 Å². The summed E-state index contributed by atoms with van der Waals surface area (Å²) in [4.78, 5) is 13.7. The van der Waals surface area contributed by atoms with Gasteiger partial charge in [-0.05, 0) is 25.2 Å². The Labute approximate surface area is 124 Å². The van der Waals surface area contributed by atoms with Gasteiger partial charge < -0.3 is 25.6 Å². The Kier molecular flexibility index (Phi) is 6.93. The largest absolute Gasteiger partial charge is 0.495 e. The number of carbonyl (C=O) groups is 1. The minimum absolute atomic E-state index is 0.138. The number of hydrogen-bond acceptors (Lipinski definition) is 6. The van der Waals surface area contributed by atoms with Gasteiger partial charge in [-0.25, -0.2) is 0 Å². The number of rotatable bonds is 8. The van der Waals surface area contributed by atoms with E-state index in [1.807, 2.05) is 0 Å². The van der Waals surface area contributed by atoms with Gasteiger partial charge in [0.05, 0.1) is 32.1 Å². The van der Waals surface area contributed by atoms with E-state index < -0.39 is 6.10 Å². The predicted molar refractivity (Wildman–Crippen MR) is 81.4 cm³/mol. The highest BCUT2D eigenvalue weighted by Crippen LogP contribution is 2.26. The molecule has 21 heavy (non-hydrogen) atoms.